The maximum absolute atomic E-state index is 12.6. The van der Waals surface area contributed by atoms with Gasteiger partial charge in [0.25, 0.3) is 0 Å². The first kappa shape index (κ1) is 20.4. The Kier molecular flexibility index (Phi) is 5.98. The number of aryl methyl sites for hydroxylation is 1. The van der Waals surface area contributed by atoms with E-state index in [4.69, 9.17) is 15.1 Å². The summed E-state index contributed by atoms with van der Waals surface area (Å²) in [4.78, 5) is 14.3. The molecule has 0 aromatic heterocycles. The van der Waals surface area contributed by atoms with E-state index in [0.717, 1.165) is 31.5 Å². The predicted molar refractivity (Wildman–Crippen MR) is 105 cm³/mol. The molecule has 0 aliphatic carbocycles. The van der Waals surface area contributed by atoms with Gasteiger partial charge in [-0.3, -0.25) is 4.79 Å². The Labute approximate surface area is 169 Å². The lowest BCUT2D eigenvalue weighted by Crippen LogP contribution is -2.61. The van der Waals surface area contributed by atoms with Crippen LogP contribution in [0.4, 0.5) is 0 Å². The lowest BCUT2D eigenvalue weighted by atomic mass is 9.78. The molecule has 10 heteroatoms. The molecule has 1 aromatic carbocycles. The molecule has 3 aliphatic heterocycles. The Bertz CT molecular complexity index is 752. The van der Waals surface area contributed by atoms with Crippen LogP contribution in [-0.4, -0.2) is 71.5 Å². The van der Waals surface area contributed by atoms with Gasteiger partial charge in [-0.05, 0) is 56.2 Å². The molecular formula is C19H28BN3O6. The molecule has 0 radical (unpaired) electrons. The number of hydrogen-bond acceptors (Lipinski definition) is 8. The van der Waals surface area contributed by atoms with Crippen LogP contribution in [0.5, 0.6) is 11.5 Å². The van der Waals surface area contributed by atoms with Crippen molar-refractivity contribution < 1.29 is 29.4 Å². The number of nitrogens with one attached hydrogen (secondary N) is 1. The Morgan fingerprint density at radius 2 is 2.03 bits per heavy atom. The van der Waals surface area contributed by atoms with Gasteiger partial charge >= 0.3 is 7.12 Å². The number of amides is 1. The second-order valence-corrected chi connectivity index (χ2v) is 8.05. The number of nitrogens with zero attached hydrogens (tertiary/aromatic N) is 1. The van der Waals surface area contributed by atoms with Gasteiger partial charge in [-0.1, -0.05) is 6.07 Å². The molecule has 3 aliphatic rings. The number of piperidine rings is 1. The number of likely N-dealkylation sites (tertiary alicyclic amines) is 1. The number of rotatable bonds is 5. The number of carbonyl (C=O) groups excluding carboxylic acids is 1. The Morgan fingerprint density at radius 1 is 1.31 bits per heavy atom. The molecule has 29 heavy (non-hydrogen) atoms. The van der Waals surface area contributed by atoms with Crippen molar-refractivity contribution in [2.75, 3.05) is 26.2 Å². The van der Waals surface area contributed by atoms with Gasteiger partial charge in [-0.15, -0.1) is 0 Å². The summed E-state index contributed by atoms with van der Waals surface area (Å²) in [7, 11) is -0.983. The van der Waals surface area contributed by atoms with Crippen molar-refractivity contribution in [3.8, 4) is 11.5 Å². The highest BCUT2D eigenvalue weighted by atomic mass is 16.5. The average Bonchev–Trinajstić information content (AvgIpc) is 2.69. The highest BCUT2D eigenvalue weighted by molar-refractivity contribution is 6.44. The number of ether oxygens (including phenoxy) is 1. The van der Waals surface area contributed by atoms with Crippen LogP contribution in [0, 0.1) is 5.92 Å². The van der Waals surface area contributed by atoms with Crippen molar-refractivity contribution in [2.45, 2.75) is 44.0 Å². The highest BCUT2D eigenvalue weighted by Gasteiger charge is 2.38. The third-order valence-corrected chi connectivity index (χ3v) is 6.04. The summed E-state index contributed by atoms with van der Waals surface area (Å²) >= 11 is 0. The van der Waals surface area contributed by atoms with Crippen molar-refractivity contribution >= 4 is 13.0 Å². The van der Waals surface area contributed by atoms with Crippen molar-refractivity contribution in [1.82, 2.24) is 10.2 Å². The van der Waals surface area contributed by atoms with Gasteiger partial charge in [0.15, 0.2) is 6.29 Å². The second kappa shape index (κ2) is 8.49. The number of hydrogen-bond donors (Lipinski definition) is 5. The van der Waals surface area contributed by atoms with Crippen LogP contribution < -0.4 is 20.4 Å². The highest BCUT2D eigenvalue weighted by Crippen LogP contribution is 2.40. The van der Waals surface area contributed by atoms with Crippen molar-refractivity contribution in [1.29, 1.82) is 0 Å². The summed E-state index contributed by atoms with van der Waals surface area (Å²) in [5, 5.41) is 32.7. The standard InChI is InChI=1S/C19H28BN3O6/c21-16(11-4-7-22-8-5-11)18(24)23-9-13(10-23)28-14-2-1-12-3-6-20(27)29-17(12)15(14)19(25)26/h1-2,11,13,16,19,22,25-27H,3-10,21H2. The number of aliphatic hydroxyl groups excluding tert-OH is 1. The molecule has 9 nitrogen and oxygen atoms in total. The van der Waals surface area contributed by atoms with Crippen molar-refractivity contribution in [3.63, 3.8) is 0 Å². The van der Waals surface area contributed by atoms with Crippen molar-refractivity contribution in [2.24, 2.45) is 11.7 Å². The number of aliphatic hydroxyl groups is 2. The lowest BCUT2D eigenvalue weighted by Gasteiger charge is -2.42. The van der Waals surface area contributed by atoms with E-state index in [1.807, 2.05) is 0 Å². The van der Waals surface area contributed by atoms with E-state index in [-0.39, 0.29) is 35.0 Å². The first-order valence-corrected chi connectivity index (χ1v) is 10.2. The maximum atomic E-state index is 12.6. The molecule has 1 amide bonds. The van der Waals surface area contributed by atoms with Gasteiger partial charge in [0.2, 0.25) is 5.91 Å². The molecule has 0 bridgehead atoms. The molecule has 2 saturated heterocycles. The topological polar surface area (TPSA) is 138 Å². The van der Waals surface area contributed by atoms with E-state index in [0.29, 0.717) is 25.8 Å². The maximum Gasteiger partial charge on any atom is 0.522 e. The van der Waals surface area contributed by atoms with Crippen LogP contribution in [0.25, 0.3) is 0 Å². The number of nitrogens with two attached hydrogens (primary N) is 1. The van der Waals surface area contributed by atoms with E-state index in [9.17, 15) is 20.0 Å². The minimum atomic E-state index is -1.80. The van der Waals surface area contributed by atoms with Crippen LogP contribution >= 0.6 is 0 Å². The van der Waals surface area contributed by atoms with Crippen LogP contribution in [0.15, 0.2) is 12.1 Å². The SMILES string of the molecule is NC(C(=O)N1CC(Oc2ccc3c(c2C(O)O)OB(O)CC3)C1)C1CCNCC1. The van der Waals surface area contributed by atoms with Crippen LogP contribution in [0.2, 0.25) is 6.32 Å². The van der Waals surface area contributed by atoms with Gasteiger partial charge < -0.3 is 40.6 Å². The Balaban J connectivity index is 1.39. The second-order valence-electron chi connectivity index (χ2n) is 8.05. The minimum absolute atomic E-state index is 0.0592. The Morgan fingerprint density at radius 3 is 2.72 bits per heavy atom. The quantitative estimate of drug-likeness (QED) is 0.311. The summed E-state index contributed by atoms with van der Waals surface area (Å²) in [5.74, 6) is 0.684. The molecule has 6 N–H and O–H groups in total. The lowest BCUT2D eigenvalue weighted by molar-refractivity contribution is -0.143. The smallest absolute Gasteiger partial charge is 0.522 e. The molecule has 3 heterocycles. The van der Waals surface area contributed by atoms with Gasteiger partial charge in [0, 0.05) is 0 Å². The largest absolute Gasteiger partial charge is 0.535 e. The predicted octanol–water partition coefficient (Wildman–Crippen LogP) is -0.998. The number of carbonyl (C=O) groups is 1. The van der Waals surface area contributed by atoms with Gasteiger partial charge in [0.05, 0.1) is 24.7 Å². The fourth-order valence-corrected chi connectivity index (χ4v) is 4.27. The summed E-state index contributed by atoms with van der Waals surface area (Å²) in [6.07, 6.45) is 0.778. The summed E-state index contributed by atoms with van der Waals surface area (Å²) in [5.41, 5.74) is 7.09. The first-order valence-electron chi connectivity index (χ1n) is 10.2. The van der Waals surface area contributed by atoms with E-state index in [1.54, 1.807) is 17.0 Å². The molecule has 4 rings (SSSR count). The zero-order valence-corrected chi connectivity index (χ0v) is 16.3. The molecule has 1 aromatic rings. The monoisotopic (exact) mass is 405 g/mol. The van der Waals surface area contributed by atoms with Crippen LogP contribution in [0.1, 0.15) is 30.3 Å². The van der Waals surface area contributed by atoms with Gasteiger partial charge in [-0.25, -0.2) is 0 Å². The van der Waals surface area contributed by atoms with Crippen LogP contribution in [-0.2, 0) is 11.2 Å². The fraction of sp³-hybridized carbons (Fsp3) is 0.632. The van der Waals surface area contributed by atoms with E-state index in [1.165, 1.54) is 0 Å². The Hall–Kier alpha value is -1.85. The molecule has 1 unspecified atom stereocenters. The molecular weight excluding hydrogens is 377 g/mol. The summed E-state index contributed by atoms with van der Waals surface area (Å²) in [6, 6.07) is 2.99. The molecule has 0 saturated carbocycles. The first-order chi connectivity index (χ1) is 13.9. The molecule has 1 atom stereocenters. The van der Waals surface area contributed by atoms with Crippen LogP contribution in [0.3, 0.4) is 0 Å². The zero-order chi connectivity index (χ0) is 20.5. The molecule has 2 fully saturated rings. The van der Waals surface area contributed by atoms with E-state index >= 15 is 0 Å². The van der Waals surface area contributed by atoms with E-state index < -0.39 is 19.5 Å². The third kappa shape index (κ3) is 4.22. The number of fused-ring (bicyclic) bond motifs is 1. The number of benzene rings is 1. The van der Waals surface area contributed by atoms with Gasteiger partial charge in [-0.2, -0.15) is 0 Å². The third-order valence-electron chi connectivity index (χ3n) is 6.04. The van der Waals surface area contributed by atoms with E-state index in [2.05, 4.69) is 5.32 Å². The van der Waals surface area contributed by atoms with Gasteiger partial charge in [0.1, 0.15) is 17.6 Å². The molecule has 158 valence electrons. The summed E-state index contributed by atoms with van der Waals surface area (Å²) in [6.45, 7) is 2.58. The summed E-state index contributed by atoms with van der Waals surface area (Å²) < 4.78 is 11.3. The molecule has 0 spiro atoms. The normalized spacial score (nSPS) is 21.4. The average molecular weight is 405 g/mol. The minimum Gasteiger partial charge on any atom is -0.535 e. The fourth-order valence-electron chi connectivity index (χ4n) is 4.27. The zero-order valence-electron chi connectivity index (χ0n) is 16.3. The van der Waals surface area contributed by atoms with Crippen molar-refractivity contribution in [3.05, 3.63) is 23.3 Å².